The Bertz CT molecular complexity index is 954. The molecular weight excluding hydrogens is 400 g/mol. The summed E-state index contributed by atoms with van der Waals surface area (Å²) in [6.45, 7) is 3.15. The van der Waals surface area contributed by atoms with Gasteiger partial charge in [-0.25, -0.2) is 13.1 Å². The number of hydrogen-bond donors (Lipinski definition) is 1. The Morgan fingerprint density at radius 1 is 1.18 bits per heavy atom. The van der Waals surface area contributed by atoms with Crippen LogP contribution in [-0.2, 0) is 10.0 Å². The number of aryl methyl sites for hydroxylation is 1. The number of aromatic nitrogens is 2. The smallest absolute Gasteiger partial charge is 0.311 e. The molecule has 2 aromatic heterocycles. The van der Waals surface area contributed by atoms with Gasteiger partial charge in [0.2, 0.25) is 10.0 Å². The van der Waals surface area contributed by atoms with Gasteiger partial charge in [-0.1, -0.05) is 12.8 Å². The lowest BCUT2D eigenvalue weighted by atomic mass is 10.1. The van der Waals surface area contributed by atoms with Crippen LogP contribution in [0, 0.1) is 6.92 Å². The topological polar surface area (TPSA) is 105 Å². The monoisotopic (exact) mass is 424 g/mol. The van der Waals surface area contributed by atoms with E-state index in [-0.39, 0.29) is 28.6 Å². The number of carbonyl (C=O) groups excluding carboxylic acids is 1. The highest BCUT2D eigenvalue weighted by Gasteiger charge is 2.28. The summed E-state index contributed by atoms with van der Waals surface area (Å²) in [6.07, 6.45) is 6.94. The van der Waals surface area contributed by atoms with Gasteiger partial charge in [0.05, 0.1) is 9.77 Å². The first-order valence-corrected chi connectivity index (χ1v) is 12.0. The van der Waals surface area contributed by atoms with Gasteiger partial charge in [0.15, 0.2) is 0 Å². The molecule has 1 aliphatic heterocycles. The molecule has 1 N–H and O–H groups in total. The molecule has 8 nitrogen and oxygen atoms in total. The van der Waals surface area contributed by atoms with E-state index in [0.717, 1.165) is 44.9 Å². The fraction of sp³-hybridized carbons (Fsp3) is 0.611. The number of nitrogens with zero attached hydrogens (tertiary/aromatic N) is 3. The number of carbonyl (C=O) groups is 1. The molecule has 10 heteroatoms. The molecule has 2 aromatic rings. The average molecular weight is 425 g/mol. The number of amides is 1. The minimum absolute atomic E-state index is 0.00456. The van der Waals surface area contributed by atoms with Gasteiger partial charge in [-0.2, -0.15) is 0 Å². The lowest BCUT2D eigenvalue weighted by molar-refractivity contribution is 0.0684. The minimum atomic E-state index is -3.59. The van der Waals surface area contributed by atoms with Gasteiger partial charge in [-0.3, -0.25) is 4.79 Å². The second-order valence-electron chi connectivity index (χ2n) is 7.40. The van der Waals surface area contributed by atoms with Crippen molar-refractivity contribution >= 4 is 27.3 Å². The van der Waals surface area contributed by atoms with Gasteiger partial charge >= 0.3 is 11.8 Å². The zero-order chi connectivity index (χ0) is 19.7. The Morgan fingerprint density at radius 3 is 2.61 bits per heavy atom. The normalized spacial score (nSPS) is 18.7. The molecule has 4 rings (SSSR count). The van der Waals surface area contributed by atoms with Crippen LogP contribution in [0.3, 0.4) is 0 Å². The summed E-state index contributed by atoms with van der Waals surface area (Å²) in [4.78, 5) is 15.7. The fourth-order valence-corrected chi connectivity index (χ4v) is 6.62. The van der Waals surface area contributed by atoms with Gasteiger partial charge in [0, 0.05) is 24.0 Å². The van der Waals surface area contributed by atoms with Crippen LogP contribution in [0.25, 0.3) is 10.8 Å². The van der Waals surface area contributed by atoms with Crippen molar-refractivity contribution in [2.24, 2.45) is 0 Å². The van der Waals surface area contributed by atoms with E-state index in [4.69, 9.17) is 4.42 Å². The summed E-state index contributed by atoms with van der Waals surface area (Å²) in [5, 5.41) is 7.86. The number of likely N-dealkylation sites (tertiary alicyclic amines) is 1. The zero-order valence-corrected chi connectivity index (χ0v) is 17.4. The van der Waals surface area contributed by atoms with Crippen molar-refractivity contribution < 1.29 is 17.6 Å². The molecular formula is C18H24N4O4S2. The van der Waals surface area contributed by atoms with Crippen molar-refractivity contribution in [2.45, 2.75) is 62.8 Å². The molecule has 28 heavy (non-hydrogen) atoms. The Kier molecular flexibility index (Phi) is 5.52. The van der Waals surface area contributed by atoms with Crippen molar-refractivity contribution in [1.82, 2.24) is 19.8 Å². The largest absolute Gasteiger partial charge is 0.411 e. The molecule has 1 amide bonds. The fourth-order valence-electron chi connectivity index (χ4n) is 3.81. The van der Waals surface area contributed by atoms with E-state index in [1.165, 1.54) is 11.3 Å². The molecule has 1 saturated heterocycles. The minimum Gasteiger partial charge on any atom is -0.411 e. The van der Waals surface area contributed by atoms with E-state index < -0.39 is 10.0 Å². The molecule has 0 atom stereocenters. The maximum atomic E-state index is 12.7. The molecule has 2 aliphatic rings. The van der Waals surface area contributed by atoms with Crippen LogP contribution in [0.4, 0.5) is 0 Å². The molecule has 0 unspecified atom stereocenters. The number of nitrogens with one attached hydrogen (secondary N) is 1. The van der Waals surface area contributed by atoms with Crippen molar-refractivity contribution in [3.63, 3.8) is 0 Å². The predicted octanol–water partition coefficient (Wildman–Crippen LogP) is 2.95. The first-order chi connectivity index (χ1) is 13.4. The molecule has 2 fully saturated rings. The molecule has 0 aromatic carbocycles. The molecule has 3 heterocycles. The van der Waals surface area contributed by atoms with Crippen LogP contribution in [0.15, 0.2) is 15.4 Å². The van der Waals surface area contributed by atoms with Crippen LogP contribution in [0.2, 0.25) is 0 Å². The maximum absolute atomic E-state index is 12.7. The summed E-state index contributed by atoms with van der Waals surface area (Å²) >= 11 is 1.27. The third-order valence-corrected chi connectivity index (χ3v) is 8.12. The number of rotatable bonds is 5. The maximum Gasteiger partial charge on any atom is 0.311 e. The third kappa shape index (κ3) is 3.99. The Balaban J connectivity index is 1.53. The van der Waals surface area contributed by atoms with Crippen LogP contribution in [-0.4, -0.2) is 48.6 Å². The van der Waals surface area contributed by atoms with Crippen molar-refractivity contribution in [3.8, 4) is 10.8 Å². The van der Waals surface area contributed by atoms with Crippen molar-refractivity contribution in [1.29, 1.82) is 0 Å². The predicted molar refractivity (Wildman–Crippen MR) is 105 cm³/mol. The van der Waals surface area contributed by atoms with E-state index in [2.05, 4.69) is 14.9 Å². The van der Waals surface area contributed by atoms with Gasteiger partial charge in [0.1, 0.15) is 0 Å². The van der Waals surface area contributed by atoms with Crippen LogP contribution < -0.4 is 4.72 Å². The van der Waals surface area contributed by atoms with Crippen molar-refractivity contribution in [2.75, 3.05) is 13.1 Å². The second-order valence-corrected chi connectivity index (χ2v) is 10.3. The molecule has 1 aliphatic carbocycles. The van der Waals surface area contributed by atoms with E-state index in [9.17, 15) is 13.2 Å². The first kappa shape index (κ1) is 19.5. The average Bonchev–Trinajstić information content (AvgIpc) is 3.42. The lowest BCUT2D eigenvalue weighted by Gasteiger charge is -2.24. The Morgan fingerprint density at radius 2 is 1.89 bits per heavy atom. The Hall–Kier alpha value is -1.78. The quantitative estimate of drug-likeness (QED) is 0.791. The van der Waals surface area contributed by atoms with Gasteiger partial charge in [-0.05, 0) is 45.1 Å². The number of piperidine rings is 1. The van der Waals surface area contributed by atoms with E-state index in [0.29, 0.717) is 22.8 Å². The summed E-state index contributed by atoms with van der Waals surface area (Å²) in [5.74, 6) is -0.130. The highest BCUT2D eigenvalue weighted by atomic mass is 32.2. The number of hydrogen-bond acceptors (Lipinski definition) is 7. The molecule has 0 spiro atoms. The van der Waals surface area contributed by atoms with E-state index in [1.54, 1.807) is 17.9 Å². The SMILES string of the molecule is Cc1sc(-c2nnc(C(=O)N3CCCCC3)o2)cc1S(=O)(=O)NC1CCCC1. The van der Waals surface area contributed by atoms with Gasteiger partial charge in [0.25, 0.3) is 5.89 Å². The summed E-state index contributed by atoms with van der Waals surface area (Å²) in [6, 6.07) is 1.56. The summed E-state index contributed by atoms with van der Waals surface area (Å²) in [7, 11) is -3.59. The second kappa shape index (κ2) is 7.92. The number of thiophene rings is 1. The highest BCUT2D eigenvalue weighted by molar-refractivity contribution is 7.89. The lowest BCUT2D eigenvalue weighted by Crippen LogP contribution is -2.35. The van der Waals surface area contributed by atoms with Crippen molar-refractivity contribution in [3.05, 3.63) is 16.8 Å². The standard InChI is InChI=1S/C18H24N4O4S2/c1-12-15(28(24,25)21-13-7-3-4-8-13)11-14(27-12)16-19-20-17(26-16)18(23)22-9-5-2-6-10-22/h11,13,21H,2-10H2,1H3. The van der Waals surface area contributed by atoms with Crippen LogP contribution in [0.1, 0.15) is 60.5 Å². The molecule has 1 saturated carbocycles. The summed E-state index contributed by atoms with van der Waals surface area (Å²) < 4.78 is 33.9. The van der Waals surface area contributed by atoms with E-state index >= 15 is 0 Å². The first-order valence-electron chi connectivity index (χ1n) is 9.70. The third-order valence-electron chi connectivity index (χ3n) is 5.30. The van der Waals surface area contributed by atoms with Gasteiger partial charge < -0.3 is 9.32 Å². The Labute approximate surface area is 168 Å². The van der Waals surface area contributed by atoms with Crippen LogP contribution in [0.5, 0.6) is 0 Å². The number of sulfonamides is 1. The van der Waals surface area contributed by atoms with E-state index in [1.807, 2.05) is 0 Å². The highest BCUT2D eigenvalue weighted by Crippen LogP contribution is 2.33. The molecule has 0 radical (unpaired) electrons. The molecule has 0 bridgehead atoms. The molecule has 152 valence electrons. The van der Waals surface area contributed by atoms with Gasteiger partial charge in [-0.15, -0.1) is 21.5 Å². The zero-order valence-electron chi connectivity index (χ0n) is 15.8. The summed E-state index contributed by atoms with van der Waals surface area (Å²) in [5.41, 5.74) is 0. The van der Waals surface area contributed by atoms with Crippen LogP contribution >= 0.6 is 11.3 Å².